The molecule has 4 unspecified atom stereocenters. The van der Waals surface area contributed by atoms with Crippen LogP contribution in [0, 0.1) is 0 Å². The van der Waals surface area contributed by atoms with Gasteiger partial charge in [-0.3, -0.25) is 0 Å². The lowest BCUT2D eigenvalue weighted by Crippen LogP contribution is -2.43. The molecule has 0 saturated carbocycles. The average Bonchev–Trinajstić information content (AvgIpc) is 1.62. The third kappa shape index (κ3) is 9.81. The van der Waals surface area contributed by atoms with Crippen LogP contribution in [0.4, 0.5) is 81.9 Å². The molecule has 15 heteroatoms. The second kappa shape index (κ2) is 22.4. The number of pyridine rings is 4. The van der Waals surface area contributed by atoms with Crippen LogP contribution in [-0.4, -0.2) is 68.8 Å². The van der Waals surface area contributed by atoms with Gasteiger partial charge in [0.15, 0.2) is 23.3 Å². The minimum Gasteiger partial charge on any atom is -0.345 e. The molecule has 0 fully saturated rings. The van der Waals surface area contributed by atoms with Gasteiger partial charge in [-0.05, 0) is 155 Å². The fourth-order valence-corrected chi connectivity index (χ4v) is 15.2. The van der Waals surface area contributed by atoms with Crippen LogP contribution in [0.1, 0.15) is 110 Å². The van der Waals surface area contributed by atoms with Gasteiger partial charge in [0.25, 0.3) is 0 Å². The van der Waals surface area contributed by atoms with Crippen molar-refractivity contribution in [3.8, 4) is 11.3 Å². The highest BCUT2D eigenvalue weighted by atomic mass is 19.4. The second-order valence-electron chi connectivity index (χ2n) is 26.9. The third-order valence-corrected chi connectivity index (χ3v) is 18.9. The first-order valence-electron chi connectivity index (χ1n) is 32.0. The van der Waals surface area contributed by atoms with E-state index in [-0.39, 0.29) is 17.6 Å². The Morgan fingerprint density at radius 1 is 0.367 bits per heavy atom. The molecule has 4 atom stereocenters. The zero-order chi connectivity index (χ0) is 62.7. The number of rotatable bonds is 5. The normalized spacial score (nSPS) is 18.8. The summed E-state index contributed by atoms with van der Waals surface area (Å²) in [7, 11) is 0. The first-order chi connectivity index (χ1) is 43.3. The molecule has 460 valence electrons. The van der Waals surface area contributed by atoms with Crippen LogP contribution >= 0.6 is 0 Å². The van der Waals surface area contributed by atoms with Crippen LogP contribution in [-0.2, 0) is 37.3 Å². The Morgan fingerprint density at radius 2 is 0.744 bits per heavy atom. The molecule has 0 amide bonds. The van der Waals surface area contributed by atoms with Gasteiger partial charge in [-0.2, -0.15) is 13.2 Å². The van der Waals surface area contributed by atoms with Crippen molar-refractivity contribution >= 4 is 68.8 Å². The molecule has 0 bridgehead atoms. The highest BCUT2D eigenvalue weighted by Gasteiger charge is 2.49. The van der Waals surface area contributed by atoms with Gasteiger partial charge in [-0.15, -0.1) is 0 Å². The number of hydrogen-bond acceptors (Lipinski definition) is 12. The van der Waals surface area contributed by atoms with Gasteiger partial charge in [0, 0.05) is 96.8 Å². The zero-order valence-corrected chi connectivity index (χ0v) is 53.3. The van der Waals surface area contributed by atoms with E-state index in [9.17, 15) is 13.2 Å². The minimum absolute atomic E-state index is 0.00150. The van der Waals surface area contributed by atoms with Crippen LogP contribution in [0.5, 0.6) is 0 Å². The van der Waals surface area contributed by atoms with Crippen LogP contribution < -0.4 is 39.2 Å². The molecule has 0 aliphatic carbocycles. The van der Waals surface area contributed by atoms with E-state index in [1.807, 2.05) is 67.5 Å². The average molecular weight is 1210 g/mol. The van der Waals surface area contributed by atoms with E-state index < -0.39 is 11.7 Å². The van der Waals surface area contributed by atoms with E-state index in [0.717, 1.165) is 66.3 Å². The number of benzene rings is 5. The second-order valence-corrected chi connectivity index (χ2v) is 26.9. The molecule has 4 aromatic heterocycles. The van der Waals surface area contributed by atoms with E-state index >= 15 is 0 Å². The molecule has 8 aliphatic heterocycles. The monoisotopic (exact) mass is 1200 g/mol. The quantitative estimate of drug-likeness (QED) is 0.165. The van der Waals surface area contributed by atoms with Crippen molar-refractivity contribution in [1.29, 1.82) is 0 Å². The predicted octanol–water partition coefficient (Wildman–Crippen LogP) is 17.3. The Balaban J connectivity index is 0.000000105. The number of aromatic nitrogens is 4. The largest absolute Gasteiger partial charge is 0.417 e. The molecule has 0 N–H and O–H groups in total. The Kier molecular flexibility index (Phi) is 14.6. The van der Waals surface area contributed by atoms with Crippen molar-refractivity contribution in [2.24, 2.45) is 0 Å². The van der Waals surface area contributed by atoms with Crippen molar-refractivity contribution in [3.63, 3.8) is 0 Å². The molecule has 0 spiro atoms. The lowest BCUT2D eigenvalue weighted by molar-refractivity contribution is -0.137. The van der Waals surface area contributed by atoms with Gasteiger partial charge in [0.2, 0.25) is 0 Å². The molecule has 12 heterocycles. The summed E-state index contributed by atoms with van der Waals surface area (Å²) in [6.07, 6.45) is 5.41. The molecule has 8 aliphatic rings. The molecular weight excluding hydrogens is 1130 g/mol. The summed E-state index contributed by atoms with van der Waals surface area (Å²) in [6.45, 7) is 24.4. The SMILES string of the molecule is CC(C)N1c2cc(C(F)(F)F)cnc2N2c3ccccc3CC21.CC(C)N1c2ccc(-c3ccccc3)nc2N2c3ccccc3CC21.CC(C)N1c2cccnc2N2c3ccc(C(C)(C)C)cc3CC21.CC(C)N1c2cccnc2N2c3ccccc3CC21. The maximum absolute atomic E-state index is 13.0. The van der Waals surface area contributed by atoms with Crippen molar-refractivity contribution in [1.82, 2.24) is 19.9 Å². The smallest absolute Gasteiger partial charge is 0.345 e. The molecule has 0 radical (unpaired) electrons. The van der Waals surface area contributed by atoms with E-state index in [4.69, 9.17) is 4.98 Å². The fraction of sp³-hybridized carbons (Fsp3) is 0.333. The van der Waals surface area contributed by atoms with Gasteiger partial charge in [0.05, 0.1) is 34.0 Å². The first kappa shape index (κ1) is 58.6. The third-order valence-electron chi connectivity index (χ3n) is 18.9. The summed E-state index contributed by atoms with van der Waals surface area (Å²) in [6, 6.07) is 58.3. The fourth-order valence-electron chi connectivity index (χ4n) is 15.2. The van der Waals surface area contributed by atoms with Crippen LogP contribution in [0.15, 0.2) is 182 Å². The molecule has 9 aromatic rings. The molecule has 5 aromatic carbocycles. The highest BCUT2D eigenvalue weighted by Crippen LogP contribution is 2.55. The van der Waals surface area contributed by atoms with Crippen molar-refractivity contribution in [2.75, 3.05) is 39.2 Å². The summed E-state index contributed by atoms with van der Waals surface area (Å²) in [5.41, 5.74) is 17.9. The van der Waals surface area contributed by atoms with Crippen molar-refractivity contribution in [2.45, 2.75) is 162 Å². The van der Waals surface area contributed by atoms with E-state index in [2.05, 4.69) is 233 Å². The number of para-hydroxylation sites is 3. The molecule has 0 saturated heterocycles. The number of nitrogens with zero attached hydrogens (tertiary/aromatic N) is 12. The standard InChI is InChI=1S/C22H21N3.C20H25N3.C17H16F3N3.C16H17N3/c1-15(2)24-20-13-12-18(16-8-4-3-5-9-16)23-22(20)25-19-11-7-6-10-17(19)14-21(24)25;1-13(2)22-17-7-6-10-21-19(17)23-16-9-8-15(20(3,4)5)11-14(16)12-18(22)23;1-10(2)22-14-8-12(17(18,19)20)9-21-16(14)23-13-6-4-3-5-11(13)7-15(22)23;1-11(2)18-14-8-5-9-17-16(14)19-13-7-4-3-6-12(13)10-15(18)19/h3-13,15,21H,14H2,1-2H3;6-11,13,18H,12H2,1-5H3;3-6,8-10,15H,7H2,1-2H3;3-9,11,15H,10H2,1-2H3. The van der Waals surface area contributed by atoms with Gasteiger partial charge in [0.1, 0.15) is 24.7 Å². The van der Waals surface area contributed by atoms with Crippen LogP contribution in [0.3, 0.4) is 0 Å². The Morgan fingerprint density at radius 3 is 1.20 bits per heavy atom. The van der Waals surface area contributed by atoms with Gasteiger partial charge >= 0.3 is 6.18 Å². The number of fused-ring (bicyclic) bond motifs is 20. The maximum Gasteiger partial charge on any atom is 0.417 e. The summed E-state index contributed by atoms with van der Waals surface area (Å²) in [4.78, 5) is 37.4. The molecule has 12 nitrogen and oxygen atoms in total. The number of alkyl halides is 3. The lowest BCUT2D eigenvalue weighted by Gasteiger charge is -2.31. The van der Waals surface area contributed by atoms with E-state index in [1.165, 1.54) is 68.0 Å². The van der Waals surface area contributed by atoms with Gasteiger partial charge < -0.3 is 39.2 Å². The van der Waals surface area contributed by atoms with E-state index in [0.29, 0.717) is 48.1 Å². The van der Waals surface area contributed by atoms with Gasteiger partial charge in [-0.1, -0.05) is 118 Å². The number of anilines is 12. The Hall–Kier alpha value is -9.11. The zero-order valence-electron chi connectivity index (χ0n) is 53.3. The Bertz CT molecular complexity index is 4160. The van der Waals surface area contributed by atoms with Crippen LogP contribution in [0.25, 0.3) is 11.3 Å². The van der Waals surface area contributed by atoms with Crippen molar-refractivity contribution < 1.29 is 13.2 Å². The highest BCUT2D eigenvalue weighted by molar-refractivity contribution is 5.89. The van der Waals surface area contributed by atoms with Crippen LogP contribution in [0.2, 0.25) is 0 Å². The summed E-state index contributed by atoms with van der Waals surface area (Å²) in [5, 5.41) is 0. The summed E-state index contributed by atoms with van der Waals surface area (Å²) in [5.74, 6) is 3.91. The minimum atomic E-state index is -4.38. The number of hydrogen-bond donors (Lipinski definition) is 0. The molecular formula is C75H79F3N12. The summed E-state index contributed by atoms with van der Waals surface area (Å²) >= 11 is 0. The lowest BCUT2D eigenvalue weighted by atomic mass is 9.86. The van der Waals surface area contributed by atoms with Gasteiger partial charge in [-0.25, -0.2) is 19.9 Å². The molecule has 17 rings (SSSR count). The van der Waals surface area contributed by atoms with E-state index in [1.54, 1.807) is 0 Å². The van der Waals surface area contributed by atoms with Crippen molar-refractivity contribution in [3.05, 3.63) is 216 Å². The first-order valence-corrected chi connectivity index (χ1v) is 32.0. The topological polar surface area (TPSA) is 77.5 Å². The predicted molar refractivity (Wildman–Crippen MR) is 361 cm³/mol. The summed E-state index contributed by atoms with van der Waals surface area (Å²) < 4.78 is 39.1. The molecule has 90 heavy (non-hydrogen) atoms. The maximum atomic E-state index is 13.0. The number of halogens is 3. The Labute approximate surface area is 527 Å².